The summed E-state index contributed by atoms with van der Waals surface area (Å²) in [6.07, 6.45) is 7.39. The van der Waals surface area contributed by atoms with Crippen LogP contribution in [0, 0.1) is 0 Å². The molecule has 2 aromatic heterocycles. The number of nitrogens with zero attached hydrogens (tertiary/aromatic N) is 4. The Morgan fingerprint density at radius 1 is 0.736 bits per heavy atom. The van der Waals surface area contributed by atoms with Gasteiger partial charge in [0.15, 0.2) is 0 Å². The number of methoxy groups -OCH3 is 1. The Bertz CT molecular complexity index is 1890. The van der Waals surface area contributed by atoms with E-state index in [2.05, 4.69) is 54.8 Å². The average Bonchev–Trinajstić information content (AvgIpc) is 4.00. The number of rotatable bonds is 13. The molecule has 14 nitrogen and oxygen atoms in total. The number of ether oxygens (including phenoxy) is 1. The van der Waals surface area contributed by atoms with Crippen LogP contribution in [0.3, 0.4) is 0 Å². The Morgan fingerprint density at radius 3 is 1.55 bits per heavy atom. The first-order valence-corrected chi connectivity index (χ1v) is 18.5. The number of alkyl carbamates (subject to hydrolysis) is 1. The van der Waals surface area contributed by atoms with Crippen molar-refractivity contribution in [2.45, 2.75) is 89.4 Å². The fourth-order valence-corrected chi connectivity index (χ4v) is 7.46. The Morgan fingerprint density at radius 2 is 1.15 bits per heavy atom. The number of carboxylic acid groups (broad SMARTS) is 1. The molecule has 2 fully saturated rings. The highest BCUT2D eigenvalue weighted by Gasteiger charge is 2.37. The third kappa shape index (κ3) is 8.37. The molecular formula is C39H48N8O6. The van der Waals surface area contributed by atoms with E-state index < -0.39 is 24.3 Å². The molecule has 5 N–H and O–H groups in total. The lowest BCUT2D eigenvalue weighted by Gasteiger charge is -2.28. The van der Waals surface area contributed by atoms with Crippen LogP contribution in [0.4, 0.5) is 9.59 Å². The second-order valence-electron chi connectivity index (χ2n) is 13.7. The number of H-pyrrole nitrogens is 2. The van der Waals surface area contributed by atoms with E-state index in [1.807, 2.05) is 43.0 Å². The molecule has 280 valence electrons. The van der Waals surface area contributed by atoms with E-state index in [9.17, 15) is 24.3 Å². The van der Waals surface area contributed by atoms with Crippen LogP contribution in [0.15, 0.2) is 60.9 Å². The number of hydrogen-bond acceptors (Lipinski definition) is 7. The zero-order chi connectivity index (χ0) is 37.5. The summed E-state index contributed by atoms with van der Waals surface area (Å²) in [7, 11) is 1.29. The lowest BCUT2D eigenvalue weighted by atomic mass is 10.0. The lowest BCUT2D eigenvalue weighted by molar-refractivity contribution is -0.135. The van der Waals surface area contributed by atoms with Gasteiger partial charge in [-0.15, -0.1) is 0 Å². The summed E-state index contributed by atoms with van der Waals surface area (Å²) in [5.74, 6) is 1.09. The third-order valence-corrected chi connectivity index (χ3v) is 10.1. The second-order valence-corrected chi connectivity index (χ2v) is 13.7. The van der Waals surface area contributed by atoms with Gasteiger partial charge in [0, 0.05) is 13.1 Å². The fraction of sp³-hybridized carbons (Fsp3) is 0.436. The van der Waals surface area contributed by atoms with Gasteiger partial charge in [-0.05, 0) is 60.8 Å². The second kappa shape index (κ2) is 16.8. The predicted molar refractivity (Wildman–Crippen MR) is 199 cm³/mol. The highest BCUT2D eigenvalue weighted by Crippen LogP contribution is 2.35. The van der Waals surface area contributed by atoms with E-state index in [-0.39, 0.29) is 23.9 Å². The molecule has 4 amide bonds. The minimum Gasteiger partial charge on any atom is -0.465 e. The number of carbonyl (C=O) groups is 4. The molecule has 53 heavy (non-hydrogen) atoms. The van der Waals surface area contributed by atoms with Crippen molar-refractivity contribution in [3.05, 3.63) is 72.6 Å². The summed E-state index contributed by atoms with van der Waals surface area (Å²) in [5.41, 5.74) is 5.73. The molecule has 0 radical (unpaired) electrons. The number of carbonyl (C=O) groups excluding carboxylic acids is 3. The van der Waals surface area contributed by atoms with Crippen molar-refractivity contribution in [2.24, 2.45) is 0 Å². The minimum atomic E-state index is -1.20. The van der Waals surface area contributed by atoms with Crippen LogP contribution in [-0.2, 0) is 14.3 Å². The van der Waals surface area contributed by atoms with E-state index in [0.717, 1.165) is 71.6 Å². The van der Waals surface area contributed by atoms with E-state index in [0.29, 0.717) is 38.2 Å². The first kappa shape index (κ1) is 37.1. The van der Waals surface area contributed by atoms with Gasteiger partial charge < -0.3 is 40.2 Å². The average molecular weight is 725 g/mol. The highest BCUT2D eigenvalue weighted by molar-refractivity contribution is 5.87. The van der Waals surface area contributed by atoms with Crippen molar-refractivity contribution in [1.82, 2.24) is 40.4 Å². The van der Waals surface area contributed by atoms with Gasteiger partial charge in [-0.3, -0.25) is 9.59 Å². The Balaban J connectivity index is 1.10. The van der Waals surface area contributed by atoms with Crippen molar-refractivity contribution in [3.8, 4) is 33.6 Å². The fourth-order valence-electron chi connectivity index (χ4n) is 7.46. The van der Waals surface area contributed by atoms with Crippen LogP contribution >= 0.6 is 0 Å². The normalized spacial score (nSPS) is 18.1. The molecule has 2 saturated heterocycles. The van der Waals surface area contributed by atoms with Crippen LogP contribution < -0.4 is 10.6 Å². The maximum atomic E-state index is 13.5. The summed E-state index contributed by atoms with van der Waals surface area (Å²) in [4.78, 5) is 69.6. The van der Waals surface area contributed by atoms with Crippen LogP contribution in [0.25, 0.3) is 33.6 Å². The maximum absolute atomic E-state index is 13.5. The van der Waals surface area contributed by atoms with Crippen molar-refractivity contribution in [2.75, 3.05) is 20.2 Å². The Kier molecular flexibility index (Phi) is 11.8. The predicted octanol–water partition coefficient (Wildman–Crippen LogP) is 6.42. The minimum absolute atomic E-state index is 0.124. The summed E-state index contributed by atoms with van der Waals surface area (Å²) >= 11 is 0. The molecule has 2 aliphatic rings. The van der Waals surface area contributed by atoms with Gasteiger partial charge in [0.2, 0.25) is 11.8 Å². The molecule has 2 aliphatic heterocycles. The van der Waals surface area contributed by atoms with Gasteiger partial charge in [0.25, 0.3) is 0 Å². The zero-order valence-corrected chi connectivity index (χ0v) is 30.4. The first-order chi connectivity index (χ1) is 25.7. The molecule has 14 heteroatoms. The number of aromatic nitrogens is 4. The number of benzene rings is 2. The zero-order valence-electron chi connectivity index (χ0n) is 30.4. The Labute approximate surface area is 308 Å². The molecule has 4 heterocycles. The van der Waals surface area contributed by atoms with Gasteiger partial charge in [0.05, 0.1) is 43.0 Å². The molecular weight excluding hydrogens is 676 g/mol. The molecule has 4 atom stereocenters. The standard InChI is InChI=1S/C39H48N8O6/c1-4-8-28(44-38(50)51)36(48)46-20-6-10-32(46)34-40-22-30(42-34)26-16-12-24(13-17-26)25-14-18-27(19-15-25)31-23-41-35(43-31)33-11-7-21-47(33)37(49)29(9-5-2)45-39(52)53-3/h12-19,22-23,28-29,32-33,44H,4-11,20-21H2,1-3H3,(H,40,42)(H,41,43)(H,45,52)(H,50,51)/t28-,29-,32-,33?/m0/s1. The smallest absolute Gasteiger partial charge is 0.407 e. The van der Waals surface area contributed by atoms with Gasteiger partial charge >= 0.3 is 12.2 Å². The van der Waals surface area contributed by atoms with E-state index >= 15 is 0 Å². The number of nitrogens with one attached hydrogen (secondary N) is 4. The molecule has 2 aromatic carbocycles. The molecule has 4 aromatic rings. The summed E-state index contributed by atoms with van der Waals surface area (Å²) in [6, 6.07) is 14.6. The number of imidazole rings is 2. The molecule has 6 rings (SSSR count). The molecule has 0 aliphatic carbocycles. The largest absolute Gasteiger partial charge is 0.465 e. The Hall–Kier alpha value is -5.66. The van der Waals surface area contributed by atoms with Crippen molar-refractivity contribution in [3.63, 3.8) is 0 Å². The molecule has 1 unspecified atom stereocenters. The number of aromatic amines is 2. The van der Waals surface area contributed by atoms with E-state index in [4.69, 9.17) is 4.74 Å². The van der Waals surface area contributed by atoms with Crippen molar-refractivity contribution in [1.29, 1.82) is 0 Å². The number of amides is 4. The number of hydrogen-bond donors (Lipinski definition) is 5. The molecule has 0 saturated carbocycles. The van der Waals surface area contributed by atoms with Crippen LogP contribution in [0.2, 0.25) is 0 Å². The van der Waals surface area contributed by atoms with Crippen molar-refractivity contribution < 1.29 is 29.0 Å². The van der Waals surface area contributed by atoms with Crippen LogP contribution in [-0.4, -0.2) is 91.1 Å². The topological polar surface area (TPSA) is 186 Å². The SMILES string of the molecule is CCC[C@H](NC(=O)OC)C(=O)N1CCCC1c1ncc(-c2ccc(-c3ccc(-c4cnc([C@@H]5CCCN5C(=O)[C@H](CCC)NC(=O)O)[nH]4)cc3)cc2)[nH]1. The molecule has 0 bridgehead atoms. The third-order valence-electron chi connectivity index (χ3n) is 10.1. The quantitative estimate of drug-likeness (QED) is 0.105. The first-order valence-electron chi connectivity index (χ1n) is 18.5. The highest BCUT2D eigenvalue weighted by atomic mass is 16.5. The van der Waals surface area contributed by atoms with Crippen LogP contribution in [0.5, 0.6) is 0 Å². The van der Waals surface area contributed by atoms with Crippen LogP contribution in [0.1, 0.15) is 88.9 Å². The van der Waals surface area contributed by atoms with Gasteiger partial charge in [-0.25, -0.2) is 19.6 Å². The van der Waals surface area contributed by atoms with Gasteiger partial charge in [-0.1, -0.05) is 75.2 Å². The summed E-state index contributed by atoms with van der Waals surface area (Å²) in [5, 5.41) is 14.3. The maximum Gasteiger partial charge on any atom is 0.407 e. The number of likely N-dealkylation sites (tertiary alicyclic amines) is 2. The lowest BCUT2D eigenvalue weighted by Crippen LogP contribution is -2.48. The van der Waals surface area contributed by atoms with Gasteiger partial charge in [0.1, 0.15) is 23.7 Å². The summed E-state index contributed by atoms with van der Waals surface area (Å²) < 4.78 is 4.74. The van der Waals surface area contributed by atoms with Gasteiger partial charge in [-0.2, -0.15) is 0 Å². The summed E-state index contributed by atoms with van der Waals surface area (Å²) in [6.45, 7) is 5.07. The van der Waals surface area contributed by atoms with E-state index in [1.165, 1.54) is 7.11 Å². The monoisotopic (exact) mass is 724 g/mol. The van der Waals surface area contributed by atoms with Crippen molar-refractivity contribution >= 4 is 24.0 Å². The van der Waals surface area contributed by atoms with E-state index in [1.54, 1.807) is 17.3 Å². The molecule has 0 spiro atoms.